The summed E-state index contributed by atoms with van der Waals surface area (Å²) in [7, 11) is 0. The zero-order valence-electron chi connectivity index (χ0n) is 23.7. The molecule has 0 N–H and O–H groups in total. The minimum atomic E-state index is -0.182. The van der Waals surface area contributed by atoms with Gasteiger partial charge in [0.1, 0.15) is 25.2 Å². The molecule has 0 radical (unpaired) electrons. The molecule has 4 rings (SSSR count). The number of ether oxygens (including phenoxy) is 2. The fourth-order valence-corrected chi connectivity index (χ4v) is 5.89. The van der Waals surface area contributed by atoms with Crippen LogP contribution >= 0.6 is 0 Å². The van der Waals surface area contributed by atoms with E-state index >= 15 is 0 Å². The normalized spacial score (nSPS) is 22.6. The fraction of sp³-hybridized carbons (Fsp3) is 0.613. The Bertz CT molecular complexity index is 1120. The number of carbonyl (C=O) groups excluding carboxylic acids is 1. The lowest BCUT2D eigenvalue weighted by molar-refractivity contribution is -0.143. The van der Waals surface area contributed by atoms with E-state index in [1.807, 2.05) is 18.7 Å². The van der Waals surface area contributed by atoms with Crippen LogP contribution in [0.2, 0.25) is 0 Å². The summed E-state index contributed by atoms with van der Waals surface area (Å²) < 4.78 is 17.6. The molecular formula is C31H44N2O5. The van der Waals surface area contributed by atoms with Gasteiger partial charge >= 0.3 is 0 Å². The molecule has 1 aromatic carbocycles. The van der Waals surface area contributed by atoms with Crippen LogP contribution in [0, 0.1) is 31.6 Å². The van der Waals surface area contributed by atoms with Gasteiger partial charge in [0.15, 0.2) is 0 Å². The van der Waals surface area contributed by atoms with E-state index in [9.17, 15) is 9.59 Å². The summed E-state index contributed by atoms with van der Waals surface area (Å²) in [5.41, 5.74) is 3.17. The molecule has 1 saturated heterocycles. The molecular weight excluding hydrogens is 480 g/mol. The van der Waals surface area contributed by atoms with Crippen LogP contribution in [0.15, 0.2) is 39.7 Å². The van der Waals surface area contributed by atoms with E-state index < -0.39 is 0 Å². The van der Waals surface area contributed by atoms with Gasteiger partial charge in [-0.05, 0) is 50.0 Å². The molecule has 3 atom stereocenters. The highest BCUT2D eigenvalue weighted by atomic mass is 16.5. The Morgan fingerprint density at radius 3 is 2.42 bits per heavy atom. The van der Waals surface area contributed by atoms with Gasteiger partial charge in [0.05, 0.1) is 12.6 Å². The molecule has 2 aromatic rings. The van der Waals surface area contributed by atoms with Crippen molar-refractivity contribution in [1.29, 1.82) is 0 Å². The van der Waals surface area contributed by atoms with Crippen molar-refractivity contribution < 1.29 is 18.7 Å². The SMILES string of the molecule is Cc1cc(C)cc(COc2coc(CN3CCN(C(=O)CO[C@@H]4C[C@H](C)CC[C@H]4C(C)C)CC3)cc2=O)c1. The number of hydrogen-bond acceptors (Lipinski definition) is 6. The lowest BCUT2D eigenvalue weighted by Crippen LogP contribution is -2.49. The highest BCUT2D eigenvalue weighted by Gasteiger charge is 2.32. The van der Waals surface area contributed by atoms with Crippen LogP contribution in [0.4, 0.5) is 0 Å². The van der Waals surface area contributed by atoms with Gasteiger partial charge in [0.25, 0.3) is 0 Å². The number of benzene rings is 1. The second-order valence-electron chi connectivity index (χ2n) is 11.7. The van der Waals surface area contributed by atoms with Crippen molar-refractivity contribution in [2.75, 3.05) is 32.8 Å². The summed E-state index contributed by atoms with van der Waals surface area (Å²) in [6.45, 7) is 14.7. The molecule has 0 bridgehead atoms. The average Bonchev–Trinajstić information content (AvgIpc) is 2.86. The smallest absolute Gasteiger partial charge is 0.248 e. The maximum Gasteiger partial charge on any atom is 0.248 e. The fourth-order valence-electron chi connectivity index (χ4n) is 5.89. The number of carbonyl (C=O) groups is 1. The van der Waals surface area contributed by atoms with Crippen molar-refractivity contribution in [3.63, 3.8) is 0 Å². The Labute approximate surface area is 227 Å². The Kier molecular flexibility index (Phi) is 9.66. The van der Waals surface area contributed by atoms with Crippen LogP contribution in [0.3, 0.4) is 0 Å². The van der Waals surface area contributed by atoms with Crippen molar-refractivity contribution in [2.45, 2.75) is 73.1 Å². The average molecular weight is 525 g/mol. The number of hydrogen-bond donors (Lipinski definition) is 0. The molecule has 38 heavy (non-hydrogen) atoms. The number of amides is 1. The highest BCUT2D eigenvalue weighted by molar-refractivity contribution is 5.77. The Morgan fingerprint density at radius 2 is 1.76 bits per heavy atom. The highest BCUT2D eigenvalue weighted by Crippen LogP contribution is 2.35. The van der Waals surface area contributed by atoms with Gasteiger partial charge in [-0.1, -0.05) is 56.5 Å². The first-order chi connectivity index (χ1) is 18.2. The zero-order chi connectivity index (χ0) is 27.2. The van der Waals surface area contributed by atoms with Crippen molar-refractivity contribution in [1.82, 2.24) is 9.80 Å². The summed E-state index contributed by atoms with van der Waals surface area (Å²) in [6.07, 6.45) is 5.08. The van der Waals surface area contributed by atoms with E-state index in [0.717, 1.165) is 25.1 Å². The van der Waals surface area contributed by atoms with Crippen LogP contribution in [-0.4, -0.2) is 54.6 Å². The maximum atomic E-state index is 12.9. The van der Waals surface area contributed by atoms with Crippen LogP contribution in [0.5, 0.6) is 5.75 Å². The molecule has 1 amide bonds. The lowest BCUT2D eigenvalue weighted by Gasteiger charge is -2.38. The topological polar surface area (TPSA) is 72.2 Å². The van der Waals surface area contributed by atoms with Gasteiger partial charge < -0.3 is 18.8 Å². The predicted molar refractivity (Wildman–Crippen MR) is 148 cm³/mol. The monoisotopic (exact) mass is 524 g/mol. The van der Waals surface area contributed by atoms with Crippen molar-refractivity contribution in [3.8, 4) is 5.75 Å². The van der Waals surface area contributed by atoms with Gasteiger partial charge in [-0.25, -0.2) is 0 Å². The van der Waals surface area contributed by atoms with E-state index in [2.05, 4.69) is 43.9 Å². The third kappa shape index (κ3) is 7.70. The van der Waals surface area contributed by atoms with Crippen LogP contribution < -0.4 is 10.2 Å². The van der Waals surface area contributed by atoms with Crippen LogP contribution in [0.25, 0.3) is 0 Å². The van der Waals surface area contributed by atoms with Crippen LogP contribution in [0.1, 0.15) is 62.5 Å². The van der Waals surface area contributed by atoms with Crippen LogP contribution in [-0.2, 0) is 22.7 Å². The van der Waals surface area contributed by atoms with Gasteiger partial charge in [-0.15, -0.1) is 0 Å². The number of piperazine rings is 1. The first kappa shape index (κ1) is 28.4. The van der Waals surface area contributed by atoms with Gasteiger partial charge in [0.2, 0.25) is 17.1 Å². The third-order valence-electron chi connectivity index (χ3n) is 8.01. The molecule has 1 aliphatic heterocycles. The lowest BCUT2D eigenvalue weighted by atomic mass is 9.75. The number of nitrogens with zero attached hydrogens (tertiary/aromatic N) is 2. The second-order valence-corrected chi connectivity index (χ2v) is 11.7. The predicted octanol–water partition coefficient (Wildman–Crippen LogP) is 4.96. The standard InChI is InChI=1S/C31H44N2O5/c1-21(2)27-7-6-22(3)15-29(27)38-20-31(35)33-10-8-32(9-11-33)17-26-16-28(34)30(19-36-26)37-18-25-13-23(4)12-24(5)14-25/h12-14,16,19,21-22,27,29H,6-11,15,17-18,20H2,1-5H3/t22-,27+,29-/m1/s1. The molecule has 0 unspecified atom stereocenters. The van der Waals surface area contributed by atoms with E-state index in [1.54, 1.807) is 0 Å². The van der Waals surface area contributed by atoms with Crippen molar-refractivity contribution in [2.24, 2.45) is 17.8 Å². The number of aryl methyl sites for hydroxylation is 2. The maximum absolute atomic E-state index is 12.9. The molecule has 7 nitrogen and oxygen atoms in total. The summed E-state index contributed by atoms with van der Waals surface area (Å²) >= 11 is 0. The molecule has 1 aromatic heterocycles. The van der Waals surface area contributed by atoms with Gasteiger partial charge in [-0.2, -0.15) is 0 Å². The molecule has 208 valence electrons. The minimum Gasteiger partial charge on any atom is -0.482 e. The first-order valence-electron chi connectivity index (χ1n) is 14.1. The quantitative estimate of drug-likeness (QED) is 0.462. The van der Waals surface area contributed by atoms with Gasteiger partial charge in [-0.3, -0.25) is 14.5 Å². The zero-order valence-corrected chi connectivity index (χ0v) is 23.7. The summed E-state index contributed by atoms with van der Waals surface area (Å²) in [5.74, 6) is 2.66. The molecule has 2 heterocycles. The molecule has 7 heteroatoms. The van der Waals surface area contributed by atoms with E-state index in [0.29, 0.717) is 49.8 Å². The van der Waals surface area contributed by atoms with Gasteiger partial charge in [0, 0.05) is 32.2 Å². The molecule has 0 spiro atoms. The minimum absolute atomic E-state index is 0.0715. The van der Waals surface area contributed by atoms with E-state index in [1.165, 1.54) is 36.3 Å². The molecule has 2 fully saturated rings. The Hall–Kier alpha value is -2.64. The number of rotatable bonds is 9. The molecule has 2 aliphatic rings. The first-order valence-corrected chi connectivity index (χ1v) is 14.1. The second kappa shape index (κ2) is 12.9. The van der Waals surface area contributed by atoms with E-state index in [-0.39, 0.29) is 29.8 Å². The van der Waals surface area contributed by atoms with Crippen molar-refractivity contribution >= 4 is 5.91 Å². The summed E-state index contributed by atoms with van der Waals surface area (Å²) in [4.78, 5) is 29.6. The Balaban J connectivity index is 1.22. The molecule has 1 aliphatic carbocycles. The summed E-state index contributed by atoms with van der Waals surface area (Å²) in [5, 5.41) is 0. The largest absolute Gasteiger partial charge is 0.482 e. The summed E-state index contributed by atoms with van der Waals surface area (Å²) in [6, 6.07) is 7.73. The Morgan fingerprint density at radius 1 is 1.05 bits per heavy atom. The third-order valence-corrected chi connectivity index (χ3v) is 8.01. The van der Waals surface area contributed by atoms with Crippen molar-refractivity contribution in [3.05, 3.63) is 63.2 Å². The van der Waals surface area contributed by atoms with E-state index in [4.69, 9.17) is 13.9 Å². The molecule has 1 saturated carbocycles.